The Morgan fingerprint density at radius 1 is 0.920 bits per heavy atom. The van der Waals surface area contributed by atoms with Gasteiger partial charge in [-0.3, -0.25) is 4.79 Å². The van der Waals surface area contributed by atoms with E-state index in [1.165, 1.54) is 5.56 Å². The lowest BCUT2D eigenvalue weighted by Crippen LogP contribution is -2.20. The number of hydrogen-bond donors (Lipinski definition) is 0. The summed E-state index contributed by atoms with van der Waals surface area (Å²) in [5.74, 6) is 0.949. The lowest BCUT2D eigenvalue weighted by atomic mass is 9.94. The molecule has 0 saturated heterocycles. The van der Waals surface area contributed by atoms with Gasteiger partial charge in [0.25, 0.3) is 0 Å². The van der Waals surface area contributed by atoms with Crippen LogP contribution >= 0.6 is 0 Å². The van der Waals surface area contributed by atoms with Crippen molar-refractivity contribution in [3.8, 4) is 5.75 Å². The van der Waals surface area contributed by atoms with Gasteiger partial charge in [-0.05, 0) is 36.1 Å². The highest BCUT2D eigenvalue weighted by Gasteiger charge is 2.20. The highest BCUT2D eigenvalue weighted by atomic mass is 16.5. The summed E-state index contributed by atoms with van der Waals surface area (Å²) in [6, 6.07) is 16.0. The highest BCUT2D eigenvalue weighted by molar-refractivity contribution is 5.72. The van der Waals surface area contributed by atoms with Crippen molar-refractivity contribution in [2.45, 2.75) is 47.3 Å². The minimum absolute atomic E-state index is 0.0675. The molecular weight excluding hydrogens is 312 g/mol. The van der Waals surface area contributed by atoms with Crippen molar-refractivity contribution in [3.63, 3.8) is 0 Å². The minimum Gasteiger partial charge on any atom is -0.489 e. The minimum atomic E-state index is -0.131. The smallest absolute Gasteiger partial charge is 0.309 e. The zero-order chi connectivity index (χ0) is 18.2. The van der Waals surface area contributed by atoms with Crippen LogP contribution in [0.15, 0.2) is 48.5 Å². The van der Waals surface area contributed by atoms with Gasteiger partial charge < -0.3 is 9.47 Å². The van der Waals surface area contributed by atoms with Gasteiger partial charge in [0.1, 0.15) is 19.0 Å². The van der Waals surface area contributed by atoms with E-state index in [9.17, 15) is 4.79 Å². The molecule has 134 valence electrons. The molecule has 0 aliphatic heterocycles. The van der Waals surface area contributed by atoms with Crippen molar-refractivity contribution in [1.82, 2.24) is 0 Å². The Morgan fingerprint density at radius 2 is 1.48 bits per heavy atom. The largest absolute Gasteiger partial charge is 0.489 e. The fourth-order valence-corrected chi connectivity index (χ4v) is 2.40. The summed E-state index contributed by atoms with van der Waals surface area (Å²) >= 11 is 0. The molecule has 0 fully saturated rings. The number of carbonyl (C=O) groups excluding carboxylic acids is 1. The number of ether oxygens (including phenoxy) is 2. The summed E-state index contributed by atoms with van der Waals surface area (Å²) in [5.41, 5.74) is 3.35. The van der Waals surface area contributed by atoms with Gasteiger partial charge in [0.15, 0.2) is 0 Å². The van der Waals surface area contributed by atoms with Crippen LogP contribution in [0.2, 0.25) is 0 Å². The predicted molar refractivity (Wildman–Crippen MR) is 100 cm³/mol. The molecule has 3 heteroatoms. The van der Waals surface area contributed by atoms with Crippen molar-refractivity contribution in [3.05, 3.63) is 65.2 Å². The second kappa shape index (κ2) is 9.26. The molecule has 25 heavy (non-hydrogen) atoms. The number of rotatable bonds is 8. The van der Waals surface area contributed by atoms with Crippen LogP contribution in [0.1, 0.15) is 43.9 Å². The Labute approximate surface area is 151 Å². The molecule has 0 N–H and O–H groups in total. The first-order valence-corrected chi connectivity index (χ1v) is 8.93. The highest BCUT2D eigenvalue weighted by Crippen LogP contribution is 2.18. The van der Waals surface area contributed by atoms with Crippen LogP contribution in [0.5, 0.6) is 5.75 Å². The first-order valence-electron chi connectivity index (χ1n) is 8.93. The summed E-state index contributed by atoms with van der Waals surface area (Å²) in [6.07, 6.45) is 0.975. The second-order valence-electron chi connectivity index (χ2n) is 6.70. The fourth-order valence-electron chi connectivity index (χ4n) is 2.40. The maximum absolute atomic E-state index is 12.0. The van der Waals surface area contributed by atoms with Gasteiger partial charge in [-0.15, -0.1) is 0 Å². The molecule has 2 unspecified atom stereocenters. The van der Waals surface area contributed by atoms with E-state index in [1.807, 2.05) is 31.2 Å². The quantitative estimate of drug-likeness (QED) is 0.612. The van der Waals surface area contributed by atoms with E-state index in [4.69, 9.17) is 9.47 Å². The third kappa shape index (κ3) is 5.93. The Hall–Kier alpha value is -2.29. The summed E-state index contributed by atoms with van der Waals surface area (Å²) in [4.78, 5) is 12.0. The monoisotopic (exact) mass is 340 g/mol. The zero-order valence-corrected chi connectivity index (χ0v) is 15.6. The number of carbonyl (C=O) groups is 1. The van der Waals surface area contributed by atoms with E-state index in [2.05, 4.69) is 45.0 Å². The zero-order valence-electron chi connectivity index (χ0n) is 15.6. The number of aryl methyl sites for hydroxylation is 1. The molecule has 3 nitrogen and oxygen atoms in total. The topological polar surface area (TPSA) is 35.5 Å². The molecule has 2 atom stereocenters. The molecule has 0 spiro atoms. The number of benzene rings is 2. The summed E-state index contributed by atoms with van der Waals surface area (Å²) in [7, 11) is 0. The molecule has 0 heterocycles. The van der Waals surface area contributed by atoms with Crippen LogP contribution in [0.4, 0.5) is 0 Å². The van der Waals surface area contributed by atoms with Crippen molar-refractivity contribution in [2.24, 2.45) is 11.8 Å². The Balaban J connectivity index is 1.81. The normalized spacial score (nSPS) is 13.1. The average molecular weight is 340 g/mol. The van der Waals surface area contributed by atoms with Crippen molar-refractivity contribution in [1.29, 1.82) is 0 Å². The van der Waals surface area contributed by atoms with Gasteiger partial charge in [0, 0.05) is 0 Å². The molecule has 0 aromatic heterocycles. The summed E-state index contributed by atoms with van der Waals surface area (Å²) in [6.45, 7) is 9.01. The van der Waals surface area contributed by atoms with E-state index in [-0.39, 0.29) is 11.9 Å². The van der Waals surface area contributed by atoms with Gasteiger partial charge >= 0.3 is 5.97 Å². The van der Waals surface area contributed by atoms with Crippen LogP contribution in [0, 0.1) is 18.8 Å². The van der Waals surface area contributed by atoms with Crippen LogP contribution < -0.4 is 4.74 Å². The van der Waals surface area contributed by atoms with E-state index in [1.54, 1.807) is 0 Å². The average Bonchev–Trinajstić information content (AvgIpc) is 2.65. The Morgan fingerprint density at radius 3 is 2.08 bits per heavy atom. The lowest BCUT2D eigenvalue weighted by molar-refractivity contribution is -0.151. The molecule has 0 aliphatic carbocycles. The van der Waals surface area contributed by atoms with Gasteiger partial charge in [0.05, 0.1) is 5.92 Å². The fraction of sp³-hybridized carbons (Fsp3) is 0.409. The Bertz CT molecular complexity index is 659. The molecule has 2 aromatic carbocycles. The van der Waals surface area contributed by atoms with E-state index in [0.717, 1.165) is 23.3 Å². The lowest BCUT2D eigenvalue weighted by Gasteiger charge is -2.17. The SMILES string of the molecule is CCC(C)C(C)C(=O)OCc1ccc(OCc2ccc(C)cc2)cc1. The number of hydrogen-bond acceptors (Lipinski definition) is 3. The molecule has 0 radical (unpaired) electrons. The molecular formula is C22H28O3. The molecule has 0 amide bonds. The second-order valence-corrected chi connectivity index (χ2v) is 6.70. The third-order valence-corrected chi connectivity index (χ3v) is 4.70. The van der Waals surface area contributed by atoms with E-state index < -0.39 is 0 Å². The Kier molecular flexibility index (Phi) is 7.05. The molecule has 0 saturated carbocycles. The van der Waals surface area contributed by atoms with Crippen LogP contribution in [-0.4, -0.2) is 5.97 Å². The van der Waals surface area contributed by atoms with Gasteiger partial charge in [-0.2, -0.15) is 0 Å². The van der Waals surface area contributed by atoms with Gasteiger partial charge in [0.2, 0.25) is 0 Å². The van der Waals surface area contributed by atoms with Gasteiger partial charge in [-0.1, -0.05) is 69.2 Å². The number of esters is 1. The maximum atomic E-state index is 12.0. The molecule has 2 aromatic rings. The van der Waals surface area contributed by atoms with E-state index >= 15 is 0 Å². The summed E-state index contributed by atoms with van der Waals surface area (Å²) < 4.78 is 11.2. The molecule has 0 aliphatic rings. The maximum Gasteiger partial charge on any atom is 0.309 e. The van der Waals surface area contributed by atoms with Crippen molar-refractivity contribution < 1.29 is 14.3 Å². The van der Waals surface area contributed by atoms with Crippen molar-refractivity contribution in [2.75, 3.05) is 0 Å². The van der Waals surface area contributed by atoms with Crippen LogP contribution in [0.25, 0.3) is 0 Å². The third-order valence-electron chi connectivity index (χ3n) is 4.70. The first kappa shape index (κ1) is 19.0. The van der Waals surface area contributed by atoms with Crippen LogP contribution in [-0.2, 0) is 22.7 Å². The summed E-state index contributed by atoms with van der Waals surface area (Å²) in [5, 5.41) is 0. The predicted octanol–water partition coefficient (Wildman–Crippen LogP) is 5.30. The first-order chi connectivity index (χ1) is 12.0. The van der Waals surface area contributed by atoms with Crippen LogP contribution in [0.3, 0.4) is 0 Å². The van der Waals surface area contributed by atoms with Gasteiger partial charge in [-0.25, -0.2) is 0 Å². The standard InChI is InChI=1S/C22H28O3/c1-5-17(3)18(4)22(23)25-15-20-10-12-21(13-11-20)24-14-19-8-6-16(2)7-9-19/h6-13,17-18H,5,14-15H2,1-4H3. The molecule has 0 bridgehead atoms. The van der Waals surface area contributed by atoms with Crippen molar-refractivity contribution >= 4 is 5.97 Å². The molecule has 2 rings (SSSR count). The van der Waals surface area contributed by atoms with E-state index in [0.29, 0.717) is 19.1 Å².